The number of thioether (sulfide) groups is 1. The number of carbonyl (C=O) groups excluding carboxylic acids is 2. The van der Waals surface area contributed by atoms with Crippen molar-refractivity contribution in [1.29, 1.82) is 0 Å². The topological polar surface area (TPSA) is 74.7 Å². The normalized spacial score (nSPS) is 11.6. The van der Waals surface area contributed by atoms with Gasteiger partial charge in [0.25, 0.3) is 5.91 Å². The molecule has 1 atom stereocenters. The first kappa shape index (κ1) is 19.7. The lowest BCUT2D eigenvalue weighted by molar-refractivity contribution is -0.147. The second-order valence-corrected chi connectivity index (χ2v) is 6.73. The number of imide groups is 1. The van der Waals surface area contributed by atoms with Gasteiger partial charge in [0.15, 0.2) is 0 Å². The Morgan fingerprint density at radius 1 is 1.04 bits per heavy atom. The molecule has 0 saturated heterocycles. The van der Waals surface area contributed by atoms with Crippen molar-refractivity contribution in [1.82, 2.24) is 4.90 Å². The van der Waals surface area contributed by atoms with Crippen LogP contribution in [0.2, 0.25) is 0 Å². The molecule has 0 heterocycles. The molecule has 0 aliphatic rings. The predicted octanol–water partition coefficient (Wildman–Crippen LogP) is 3.55. The summed E-state index contributed by atoms with van der Waals surface area (Å²) in [6.07, 6.45) is 2.05. The minimum absolute atomic E-state index is 0.204. The maximum absolute atomic E-state index is 13.1. The summed E-state index contributed by atoms with van der Waals surface area (Å²) in [5.41, 5.74) is 1.80. The van der Waals surface area contributed by atoms with Gasteiger partial charge in [-0.1, -0.05) is 48.5 Å². The molecule has 0 spiro atoms. The lowest BCUT2D eigenvalue weighted by Gasteiger charge is -2.27. The van der Waals surface area contributed by atoms with Crippen molar-refractivity contribution in [2.45, 2.75) is 19.4 Å². The number of rotatable bonds is 7. The molecule has 1 N–H and O–H groups in total. The molecule has 5 nitrogen and oxygen atoms in total. The van der Waals surface area contributed by atoms with Crippen LogP contribution in [0.5, 0.6) is 0 Å². The highest BCUT2D eigenvalue weighted by molar-refractivity contribution is 7.98. The number of amides is 2. The maximum atomic E-state index is 13.1. The van der Waals surface area contributed by atoms with E-state index < -0.39 is 23.8 Å². The first-order valence-electron chi connectivity index (χ1n) is 8.17. The standard InChI is InChI=1S/C20H21NO4S/c1-14(22)21(18(20(24)25)12-13-26-2)19(23)17-11-7-6-10-16(17)15-8-4-3-5-9-15/h3-11,18H,12-13H2,1-2H3,(H,24,25)/t18-/m0/s1. The first-order chi connectivity index (χ1) is 12.5. The second-order valence-electron chi connectivity index (χ2n) is 5.74. The lowest BCUT2D eigenvalue weighted by atomic mass is 9.98. The zero-order valence-electron chi connectivity index (χ0n) is 14.7. The van der Waals surface area contributed by atoms with Crippen LogP contribution in [0.4, 0.5) is 0 Å². The molecule has 0 aliphatic carbocycles. The Kier molecular flexibility index (Phi) is 6.97. The summed E-state index contributed by atoms with van der Waals surface area (Å²) >= 11 is 1.47. The molecule has 2 aromatic carbocycles. The van der Waals surface area contributed by atoms with Crippen molar-refractivity contribution < 1.29 is 19.5 Å². The van der Waals surface area contributed by atoms with Crippen molar-refractivity contribution in [3.8, 4) is 11.1 Å². The SMILES string of the molecule is CSCC[C@@H](C(=O)O)N(C(C)=O)C(=O)c1ccccc1-c1ccccc1. The Bertz CT molecular complexity index is 791. The van der Waals surface area contributed by atoms with Gasteiger partial charge in [0.2, 0.25) is 5.91 Å². The molecule has 136 valence electrons. The van der Waals surface area contributed by atoms with E-state index in [0.29, 0.717) is 16.9 Å². The average molecular weight is 371 g/mol. The molecule has 0 bridgehead atoms. The maximum Gasteiger partial charge on any atom is 0.326 e. The Morgan fingerprint density at radius 2 is 1.65 bits per heavy atom. The van der Waals surface area contributed by atoms with Gasteiger partial charge in [-0.15, -0.1) is 0 Å². The van der Waals surface area contributed by atoms with Crippen LogP contribution in [0.1, 0.15) is 23.7 Å². The first-order valence-corrected chi connectivity index (χ1v) is 9.57. The number of hydrogen-bond acceptors (Lipinski definition) is 4. The van der Waals surface area contributed by atoms with Gasteiger partial charge in [-0.3, -0.25) is 14.5 Å². The predicted molar refractivity (Wildman–Crippen MR) is 103 cm³/mol. The second kappa shape index (κ2) is 9.20. The molecule has 2 amide bonds. The zero-order chi connectivity index (χ0) is 19.1. The number of aliphatic carboxylic acids is 1. The van der Waals surface area contributed by atoms with E-state index in [1.54, 1.807) is 24.3 Å². The molecular weight excluding hydrogens is 350 g/mol. The molecule has 0 aromatic heterocycles. The van der Waals surface area contributed by atoms with Crippen LogP contribution >= 0.6 is 11.8 Å². The third kappa shape index (κ3) is 4.52. The van der Waals surface area contributed by atoms with E-state index in [1.807, 2.05) is 36.6 Å². The summed E-state index contributed by atoms with van der Waals surface area (Å²) in [7, 11) is 0. The molecule has 6 heteroatoms. The van der Waals surface area contributed by atoms with Gasteiger partial charge in [-0.2, -0.15) is 11.8 Å². The van der Waals surface area contributed by atoms with E-state index in [4.69, 9.17) is 0 Å². The Hall–Kier alpha value is -2.60. The van der Waals surface area contributed by atoms with Crippen molar-refractivity contribution in [2.75, 3.05) is 12.0 Å². The summed E-state index contributed by atoms with van der Waals surface area (Å²) in [6, 6.07) is 15.1. The Balaban J connectivity index is 2.47. The Morgan fingerprint density at radius 3 is 2.23 bits per heavy atom. The van der Waals surface area contributed by atoms with Gasteiger partial charge in [0.05, 0.1) is 0 Å². The van der Waals surface area contributed by atoms with E-state index in [2.05, 4.69) is 0 Å². The fourth-order valence-electron chi connectivity index (χ4n) is 2.77. The van der Waals surface area contributed by atoms with Gasteiger partial charge >= 0.3 is 5.97 Å². The number of nitrogens with zero attached hydrogens (tertiary/aromatic N) is 1. The molecular formula is C20H21NO4S. The summed E-state index contributed by atoms with van der Waals surface area (Å²) in [5.74, 6) is -1.81. The third-order valence-corrected chi connectivity index (χ3v) is 4.64. The molecule has 0 aliphatic heterocycles. The zero-order valence-corrected chi connectivity index (χ0v) is 15.5. The van der Waals surface area contributed by atoms with E-state index in [1.165, 1.54) is 18.7 Å². The summed E-state index contributed by atoms with van der Waals surface area (Å²) in [6.45, 7) is 1.22. The number of carbonyl (C=O) groups is 3. The van der Waals surface area contributed by atoms with Gasteiger partial charge in [0, 0.05) is 12.5 Å². The number of carboxylic acid groups (broad SMARTS) is 1. The van der Waals surface area contributed by atoms with E-state index in [0.717, 1.165) is 10.5 Å². The highest BCUT2D eigenvalue weighted by Crippen LogP contribution is 2.26. The lowest BCUT2D eigenvalue weighted by Crippen LogP contribution is -2.48. The average Bonchev–Trinajstić information content (AvgIpc) is 2.64. The Labute approximate surface area is 157 Å². The number of carboxylic acids is 1. The van der Waals surface area contributed by atoms with Gasteiger partial charge in [-0.05, 0) is 35.6 Å². The van der Waals surface area contributed by atoms with Crippen LogP contribution in [0.3, 0.4) is 0 Å². The molecule has 2 rings (SSSR count). The van der Waals surface area contributed by atoms with Gasteiger partial charge in [-0.25, -0.2) is 4.79 Å². The summed E-state index contributed by atoms with van der Waals surface area (Å²) in [5, 5.41) is 9.55. The van der Waals surface area contributed by atoms with Gasteiger partial charge < -0.3 is 5.11 Å². The quantitative estimate of drug-likeness (QED) is 0.806. The number of hydrogen-bond donors (Lipinski definition) is 1. The fraction of sp³-hybridized carbons (Fsp3) is 0.250. The molecule has 0 saturated carbocycles. The van der Waals surface area contributed by atoms with Crippen molar-refractivity contribution in [2.24, 2.45) is 0 Å². The van der Waals surface area contributed by atoms with Gasteiger partial charge in [0.1, 0.15) is 6.04 Å². The van der Waals surface area contributed by atoms with E-state index in [-0.39, 0.29) is 6.42 Å². The van der Waals surface area contributed by atoms with Crippen LogP contribution in [0, 0.1) is 0 Å². The van der Waals surface area contributed by atoms with Crippen LogP contribution in [0.15, 0.2) is 54.6 Å². The highest BCUT2D eigenvalue weighted by atomic mass is 32.2. The smallest absolute Gasteiger partial charge is 0.326 e. The summed E-state index contributed by atoms with van der Waals surface area (Å²) < 4.78 is 0. The van der Waals surface area contributed by atoms with Crippen molar-refractivity contribution >= 4 is 29.5 Å². The third-order valence-electron chi connectivity index (χ3n) is 3.99. The molecule has 0 unspecified atom stereocenters. The van der Waals surface area contributed by atoms with Crippen molar-refractivity contribution in [3.05, 3.63) is 60.2 Å². The van der Waals surface area contributed by atoms with Crippen molar-refractivity contribution in [3.63, 3.8) is 0 Å². The highest BCUT2D eigenvalue weighted by Gasteiger charge is 2.34. The fourth-order valence-corrected chi connectivity index (χ4v) is 3.22. The van der Waals surface area contributed by atoms with E-state index >= 15 is 0 Å². The molecule has 2 aromatic rings. The molecule has 0 radical (unpaired) electrons. The van der Waals surface area contributed by atoms with E-state index in [9.17, 15) is 19.5 Å². The molecule has 0 fully saturated rings. The van der Waals surface area contributed by atoms with Crippen LogP contribution in [-0.2, 0) is 9.59 Å². The van der Waals surface area contributed by atoms with Crippen LogP contribution in [-0.4, -0.2) is 45.8 Å². The minimum atomic E-state index is -1.18. The van der Waals surface area contributed by atoms with Crippen LogP contribution < -0.4 is 0 Å². The molecule has 26 heavy (non-hydrogen) atoms. The van der Waals surface area contributed by atoms with Crippen LogP contribution in [0.25, 0.3) is 11.1 Å². The minimum Gasteiger partial charge on any atom is -0.480 e. The largest absolute Gasteiger partial charge is 0.480 e. The summed E-state index contributed by atoms with van der Waals surface area (Å²) in [4.78, 5) is 37.8. The number of benzene rings is 2. The monoisotopic (exact) mass is 371 g/mol.